The molecule has 1 aromatic heterocycles. The Labute approximate surface area is 85.9 Å². The van der Waals surface area contributed by atoms with E-state index < -0.39 is 18.0 Å². The molecule has 2 rings (SSSR count). The number of aryl methyl sites for hydroxylation is 2. The van der Waals surface area contributed by atoms with Crippen molar-refractivity contribution in [2.24, 2.45) is 0 Å². The number of carboxylic acids is 1. The molecule has 2 N–H and O–H groups in total. The minimum absolute atomic E-state index is 0.285. The molecule has 6 heteroatoms. The number of aromatic nitrogens is 2. The first-order valence-electron chi connectivity index (χ1n) is 4.59. The zero-order valence-corrected chi connectivity index (χ0v) is 8.44. The van der Waals surface area contributed by atoms with E-state index in [9.17, 15) is 9.59 Å². The SMILES string of the molecule is Cc1nc(C)n2c1CC(C(=O)O)NC2=O. The molecule has 1 aliphatic rings. The first-order valence-corrected chi connectivity index (χ1v) is 4.59. The van der Waals surface area contributed by atoms with E-state index in [0.717, 1.165) is 0 Å². The van der Waals surface area contributed by atoms with Crippen LogP contribution in [-0.2, 0) is 11.2 Å². The number of rotatable bonds is 1. The fraction of sp³-hybridized carbons (Fsp3) is 0.444. The van der Waals surface area contributed by atoms with E-state index in [2.05, 4.69) is 10.3 Å². The molecule has 0 fully saturated rings. The molecule has 0 spiro atoms. The van der Waals surface area contributed by atoms with Crippen molar-refractivity contribution in [2.75, 3.05) is 0 Å². The Balaban J connectivity index is 2.47. The maximum Gasteiger partial charge on any atom is 0.327 e. The molecular weight excluding hydrogens is 198 g/mol. The zero-order valence-electron chi connectivity index (χ0n) is 8.44. The van der Waals surface area contributed by atoms with Crippen LogP contribution in [0.1, 0.15) is 17.2 Å². The summed E-state index contributed by atoms with van der Waals surface area (Å²) in [5.41, 5.74) is 1.40. The maximum atomic E-state index is 11.6. The molecule has 0 bridgehead atoms. The monoisotopic (exact) mass is 209 g/mol. The lowest BCUT2D eigenvalue weighted by Gasteiger charge is -2.22. The van der Waals surface area contributed by atoms with Gasteiger partial charge < -0.3 is 10.4 Å². The molecule has 0 saturated carbocycles. The van der Waals surface area contributed by atoms with Crippen LogP contribution in [0.5, 0.6) is 0 Å². The van der Waals surface area contributed by atoms with Gasteiger partial charge in [-0.2, -0.15) is 0 Å². The van der Waals surface area contributed by atoms with E-state index in [4.69, 9.17) is 5.11 Å². The number of carbonyl (C=O) groups is 2. The average Bonchev–Trinajstić information content (AvgIpc) is 2.42. The summed E-state index contributed by atoms with van der Waals surface area (Å²) >= 11 is 0. The summed E-state index contributed by atoms with van der Waals surface area (Å²) in [6.07, 6.45) is 0.285. The molecule has 80 valence electrons. The molecule has 1 aliphatic heterocycles. The Morgan fingerprint density at radius 1 is 1.60 bits per heavy atom. The summed E-state index contributed by atoms with van der Waals surface area (Å²) in [7, 11) is 0. The van der Waals surface area contributed by atoms with Crippen LogP contribution in [0.25, 0.3) is 0 Å². The van der Waals surface area contributed by atoms with E-state index in [1.54, 1.807) is 13.8 Å². The molecular formula is C9H11N3O3. The van der Waals surface area contributed by atoms with Crippen molar-refractivity contribution in [3.63, 3.8) is 0 Å². The molecule has 15 heavy (non-hydrogen) atoms. The quantitative estimate of drug-likeness (QED) is 0.685. The highest BCUT2D eigenvalue weighted by Crippen LogP contribution is 2.16. The Morgan fingerprint density at radius 2 is 2.27 bits per heavy atom. The van der Waals surface area contributed by atoms with Gasteiger partial charge in [-0.05, 0) is 13.8 Å². The van der Waals surface area contributed by atoms with E-state index in [1.807, 2.05) is 0 Å². The van der Waals surface area contributed by atoms with Gasteiger partial charge in [0.05, 0.1) is 11.4 Å². The number of hydrogen-bond acceptors (Lipinski definition) is 3. The van der Waals surface area contributed by atoms with E-state index in [0.29, 0.717) is 17.2 Å². The van der Waals surface area contributed by atoms with Gasteiger partial charge >= 0.3 is 12.0 Å². The van der Waals surface area contributed by atoms with Crippen LogP contribution in [0.4, 0.5) is 4.79 Å². The van der Waals surface area contributed by atoms with Gasteiger partial charge in [0.25, 0.3) is 0 Å². The van der Waals surface area contributed by atoms with Crippen LogP contribution < -0.4 is 5.32 Å². The second kappa shape index (κ2) is 3.08. The second-order valence-electron chi connectivity index (χ2n) is 3.57. The van der Waals surface area contributed by atoms with Crippen molar-refractivity contribution in [2.45, 2.75) is 26.3 Å². The fourth-order valence-electron chi connectivity index (χ4n) is 1.83. The van der Waals surface area contributed by atoms with Crippen molar-refractivity contribution in [3.8, 4) is 0 Å². The smallest absolute Gasteiger partial charge is 0.327 e. The number of aliphatic carboxylic acids is 1. The summed E-state index contributed by atoms with van der Waals surface area (Å²) in [5, 5.41) is 11.2. The third kappa shape index (κ3) is 1.38. The molecule has 1 atom stereocenters. The molecule has 0 saturated heterocycles. The highest BCUT2D eigenvalue weighted by molar-refractivity contribution is 5.86. The summed E-state index contributed by atoms with van der Waals surface area (Å²) < 4.78 is 1.43. The van der Waals surface area contributed by atoms with Crippen molar-refractivity contribution in [1.82, 2.24) is 14.9 Å². The van der Waals surface area contributed by atoms with Gasteiger partial charge in [-0.25, -0.2) is 14.6 Å². The molecule has 1 amide bonds. The Hall–Kier alpha value is -1.85. The zero-order chi connectivity index (χ0) is 11.2. The number of carboxylic acid groups (broad SMARTS) is 1. The number of imidazole rings is 1. The first kappa shape index (κ1) is 9.70. The van der Waals surface area contributed by atoms with Gasteiger partial charge in [-0.1, -0.05) is 0 Å². The standard InChI is InChI=1S/C9H11N3O3/c1-4-7-3-6(8(13)14)11-9(15)12(7)5(2)10-4/h6H,3H2,1-2H3,(H,11,15)(H,13,14). The number of hydrogen-bond donors (Lipinski definition) is 2. The van der Waals surface area contributed by atoms with Crippen molar-refractivity contribution >= 4 is 12.0 Å². The lowest BCUT2D eigenvalue weighted by molar-refractivity contribution is -0.139. The highest BCUT2D eigenvalue weighted by atomic mass is 16.4. The Bertz CT molecular complexity index is 450. The summed E-state index contributed by atoms with van der Waals surface area (Å²) in [5.74, 6) is -0.434. The molecule has 1 aromatic rings. The third-order valence-corrected chi connectivity index (χ3v) is 2.54. The molecule has 0 aliphatic carbocycles. The van der Waals surface area contributed by atoms with Crippen LogP contribution >= 0.6 is 0 Å². The minimum Gasteiger partial charge on any atom is -0.480 e. The predicted molar refractivity (Wildman–Crippen MR) is 50.8 cm³/mol. The number of nitrogens with zero attached hydrogens (tertiary/aromatic N) is 2. The van der Waals surface area contributed by atoms with Gasteiger partial charge in [0.15, 0.2) is 0 Å². The van der Waals surface area contributed by atoms with Crippen molar-refractivity contribution in [1.29, 1.82) is 0 Å². The van der Waals surface area contributed by atoms with E-state index >= 15 is 0 Å². The number of nitrogens with one attached hydrogen (secondary N) is 1. The third-order valence-electron chi connectivity index (χ3n) is 2.54. The topological polar surface area (TPSA) is 84.2 Å². The van der Waals surface area contributed by atoms with Gasteiger partial charge in [0.1, 0.15) is 11.9 Å². The predicted octanol–water partition coefficient (Wildman–Crippen LogP) is 0.0669. The fourth-order valence-corrected chi connectivity index (χ4v) is 1.83. The van der Waals surface area contributed by atoms with Gasteiger partial charge in [0, 0.05) is 6.42 Å². The normalized spacial score (nSPS) is 19.6. The van der Waals surface area contributed by atoms with Gasteiger partial charge in [-0.3, -0.25) is 4.57 Å². The number of carbonyl (C=O) groups excluding carboxylic acids is 1. The molecule has 2 heterocycles. The summed E-state index contributed by atoms with van der Waals surface area (Å²) in [4.78, 5) is 26.5. The van der Waals surface area contributed by atoms with Crippen LogP contribution in [0.3, 0.4) is 0 Å². The second-order valence-corrected chi connectivity index (χ2v) is 3.57. The summed E-state index contributed by atoms with van der Waals surface area (Å²) in [6.45, 7) is 3.49. The first-order chi connectivity index (χ1) is 7.00. The minimum atomic E-state index is -1.02. The van der Waals surface area contributed by atoms with Gasteiger partial charge in [0.2, 0.25) is 0 Å². The van der Waals surface area contributed by atoms with Crippen LogP contribution in [-0.4, -0.2) is 32.7 Å². The van der Waals surface area contributed by atoms with Crippen molar-refractivity contribution in [3.05, 3.63) is 17.2 Å². The number of amides is 1. The van der Waals surface area contributed by atoms with Crippen LogP contribution in [0.15, 0.2) is 0 Å². The lowest BCUT2D eigenvalue weighted by atomic mass is 10.1. The van der Waals surface area contributed by atoms with Crippen molar-refractivity contribution < 1.29 is 14.7 Å². The summed E-state index contributed by atoms with van der Waals surface area (Å²) in [6, 6.07) is -1.26. The molecule has 6 nitrogen and oxygen atoms in total. The maximum absolute atomic E-state index is 11.6. The number of fused-ring (bicyclic) bond motifs is 1. The Kier molecular flexibility index (Phi) is 1.99. The molecule has 0 radical (unpaired) electrons. The van der Waals surface area contributed by atoms with E-state index in [-0.39, 0.29) is 6.42 Å². The van der Waals surface area contributed by atoms with Crippen LogP contribution in [0, 0.1) is 13.8 Å². The Morgan fingerprint density at radius 3 is 2.87 bits per heavy atom. The highest BCUT2D eigenvalue weighted by Gasteiger charge is 2.31. The lowest BCUT2D eigenvalue weighted by Crippen LogP contribution is -2.49. The molecule has 0 aromatic carbocycles. The largest absolute Gasteiger partial charge is 0.480 e. The van der Waals surface area contributed by atoms with Gasteiger partial charge in [-0.15, -0.1) is 0 Å². The van der Waals surface area contributed by atoms with Crippen LogP contribution in [0.2, 0.25) is 0 Å². The van der Waals surface area contributed by atoms with E-state index in [1.165, 1.54) is 4.57 Å². The average molecular weight is 209 g/mol. The molecule has 1 unspecified atom stereocenters.